The van der Waals surface area contributed by atoms with E-state index in [2.05, 4.69) is 15.0 Å². The molecule has 4 heterocycles. The van der Waals surface area contributed by atoms with E-state index in [9.17, 15) is 19.8 Å². The molecule has 0 unspecified atom stereocenters. The lowest BCUT2D eigenvalue weighted by Crippen LogP contribution is -2.62. The summed E-state index contributed by atoms with van der Waals surface area (Å²) in [5.41, 5.74) is 1.14. The van der Waals surface area contributed by atoms with Crippen LogP contribution in [0.3, 0.4) is 0 Å². The number of ether oxygens (including phenoxy) is 1. The highest BCUT2D eigenvalue weighted by atomic mass is 16.7. The molecule has 1 saturated heterocycles. The van der Waals surface area contributed by atoms with Crippen molar-refractivity contribution in [3.63, 3.8) is 0 Å². The number of carbonyl (C=O) groups excluding carboxylic acids is 1. The number of likely N-dealkylation sites (tertiary alicyclic amines) is 1. The lowest BCUT2D eigenvalue weighted by atomic mass is 10.1. The fourth-order valence-electron chi connectivity index (χ4n) is 3.51. The van der Waals surface area contributed by atoms with Crippen LogP contribution < -0.4 is 15.6 Å². The summed E-state index contributed by atoms with van der Waals surface area (Å²) >= 11 is 0. The van der Waals surface area contributed by atoms with Crippen LogP contribution in [-0.4, -0.2) is 76.6 Å². The van der Waals surface area contributed by atoms with Gasteiger partial charge in [-0.2, -0.15) is 0 Å². The molecule has 1 fully saturated rings. The first-order chi connectivity index (χ1) is 16.0. The van der Waals surface area contributed by atoms with Crippen LogP contribution in [0.1, 0.15) is 28.5 Å². The zero-order valence-corrected chi connectivity index (χ0v) is 18.0. The van der Waals surface area contributed by atoms with E-state index in [4.69, 9.17) is 20.1 Å². The van der Waals surface area contributed by atoms with Gasteiger partial charge >= 0.3 is 6.10 Å². The molecular formula is C21H23N5O8. The molecule has 0 atom stereocenters. The first-order valence-corrected chi connectivity index (χ1v) is 10.3. The highest BCUT2D eigenvalue weighted by Crippen LogP contribution is 2.30. The second kappa shape index (κ2) is 8.72. The van der Waals surface area contributed by atoms with Gasteiger partial charge in [0.15, 0.2) is 0 Å². The highest BCUT2D eigenvalue weighted by Gasteiger charge is 2.44. The lowest BCUT2D eigenvalue weighted by molar-refractivity contribution is -0.323. The van der Waals surface area contributed by atoms with E-state index in [1.54, 1.807) is 6.07 Å². The van der Waals surface area contributed by atoms with Crippen LogP contribution in [0.2, 0.25) is 0 Å². The van der Waals surface area contributed by atoms with Crippen LogP contribution >= 0.6 is 0 Å². The van der Waals surface area contributed by atoms with Gasteiger partial charge in [0.25, 0.3) is 17.4 Å². The summed E-state index contributed by atoms with van der Waals surface area (Å²) in [5.74, 6) is -3.06. The van der Waals surface area contributed by atoms with Crippen molar-refractivity contribution in [1.29, 1.82) is 0 Å². The van der Waals surface area contributed by atoms with Gasteiger partial charge in [0, 0.05) is 30.4 Å². The Labute approximate surface area is 191 Å². The van der Waals surface area contributed by atoms with Crippen molar-refractivity contribution in [2.75, 3.05) is 13.1 Å². The molecule has 4 rings (SSSR count). The number of hydrogen-bond donors (Lipinski definition) is 7. The molecule has 1 aliphatic rings. The standard InChI is InChI=1S/C21H23N5O8/c1-2-11-5-16-17(24-18(11)27)6-12(7-22-16)20(29,30)26-9-14(10-26)34-13-3-4-15(23-8-13)19(28)25-21(31,32)33/h3-8,14,29-33H,2,9-10H2,1H3,(H,24,27)(H,25,28). The van der Waals surface area contributed by atoms with Gasteiger partial charge in [-0.05, 0) is 30.7 Å². The molecule has 0 spiro atoms. The summed E-state index contributed by atoms with van der Waals surface area (Å²) in [4.78, 5) is 35.9. The van der Waals surface area contributed by atoms with Gasteiger partial charge in [-0.15, -0.1) is 0 Å². The number of pyridine rings is 3. The number of carbonyl (C=O) groups is 1. The van der Waals surface area contributed by atoms with Crippen molar-refractivity contribution in [3.05, 3.63) is 63.8 Å². The number of fused-ring (bicyclic) bond motifs is 1. The first-order valence-electron chi connectivity index (χ1n) is 10.3. The lowest BCUT2D eigenvalue weighted by Gasteiger charge is -2.45. The second-order valence-electron chi connectivity index (χ2n) is 7.88. The van der Waals surface area contributed by atoms with Gasteiger partial charge in [0.1, 0.15) is 17.5 Å². The largest absolute Gasteiger partial charge is 0.486 e. The van der Waals surface area contributed by atoms with Crippen molar-refractivity contribution in [2.24, 2.45) is 0 Å². The molecule has 0 radical (unpaired) electrons. The zero-order valence-electron chi connectivity index (χ0n) is 18.0. The number of aryl methyl sites for hydroxylation is 1. The fraction of sp³-hybridized carbons (Fsp3) is 0.333. The average Bonchev–Trinajstić information content (AvgIpc) is 2.74. The van der Waals surface area contributed by atoms with Crippen LogP contribution in [0.15, 0.2) is 41.5 Å². The van der Waals surface area contributed by atoms with Crippen LogP contribution in [0, 0.1) is 0 Å². The first kappa shape index (κ1) is 23.7. The Morgan fingerprint density at radius 2 is 1.91 bits per heavy atom. The maximum absolute atomic E-state index is 12.1. The summed E-state index contributed by atoms with van der Waals surface area (Å²) in [5, 5.41) is 49.2. The third-order valence-electron chi connectivity index (χ3n) is 5.38. The van der Waals surface area contributed by atoms with Gasteiger partial charge in [0.05, 0.1) is 17.2 Å². The van der Waals surface area contributed by atoms with Crippen molar-refractivity contribution in [3.8, 4) is 5.75 Å². The van der Waals surface area contributed by atoms with Gasteiger partial charge in [-0.3, -0.25) is 19.9 Å². The molecular weight excluding hydrogens is 450 g/mol. The molecule has 3 aromatic heterocycles. The van der Waals surface area contributed by atoms with E-state index < -0.39 is 24.0 Å². The number of amides is 1. The molecule has 3 aromatic rings. The Bertz CT molecular complexity index is 1260. The van der Waals surface area contributed by atoms with Crippen LogP contribution in [0.4, 0.5) is 0 Å². The van der Waals surface area contributed by atoms with Gasteiger partial charge in [0.2, 0.25) is 0 Å². The Morgan fingerprint density at radius 3 is 2.53 bits per heavy atom. The SMILES string of the molecule is CCc1cc2ncc(C(O)(O)N3CC(Oc4ccc(C(=O)NC(O)(O)O)nc4)C3)cc2[nH]c1=O. The quantitative estimate of drug-likeness (QED) is 0.188. The predicted octanol–water partition coefficient (Wildman–Crippen LogP) is -1.94. The number of nitrogens with one attached hydrogen (secondary N) is 2. The minimum atomic E-state index is -3.36. The van der Waals surface area contributed by atoms with E-state index >= 15 is 0 Å². The summed E-state index contributed by atoms with van der Waals surface area (Å²) in [6.07, 6.45) is -0.653. The van der Waals surface area contributed by atoms with Crippen LogP contribution in [0.25, 0.3) is 11.0 Å². The van der Waals surface area contributed by atoms with E-state index in [0.717, 1.165) is 0 Å². The molecule has 0 bridgehead atoms. The Morgan fingerprint density at radius 1 is 1.18 bits per heavy atom. The maximum atomic E-state index is 12.1. The molecule has 1 aliphatic heterocycles. The fourth-order valence-corrected chi connectivity index (χ4v) is 3.51. The number of H-pyrrole nitrogens is 1. The molecule has 0 saturated carbocycles. The normalized spacial score (nSPS) is 15.2. The van der Waals surface area contributed by atoms with E-state index in [0.29, 0.717) is 28.8 Å². The Kier molecular flexibility index (Phi) is 6.07. The molecule has 34 heavy (non-hydrogen) atoms. The van der Waals surface area contributed by atoms with Crippen LogP contribution in [-0.2, 0) is 12.3 Å². The minimum absolute atomic E-state index is 0.0862. The number of aliphatic hydroxyl groups is 5. The summed E-state index contributed by atoms with van der Waals surface area (Å²) in [7, 11) is 0. The van der Waals surface area contributed by atoms with E-state index in [1.807, 2.05) is 6.92 Å². The number of aromatic nitrogens is 3. The maximum Gasteiger partial charge on any atom is 0.369 e. The third kappa shape index (κ3) is 4.89. The summed E-state index contributed by atoms with van der Waals surface area (Å²) < 4.78 is 5.69. The second-order valence-corrected chi connectivity index (χ2v) is 7.88. The highest BCUT2D eigenvalue weighted by molar-refractivity contribution is 5.92. The topological polar surface area (TPSA) is 201 Å². The molecule has 7 N–H and O–H groups in total. The van der Waals surface area contributed by atoms with Crippen LogP contribution in [0.5, 0.6) is 5.75 Å². The molecule has 13 heteroatoms. The summed E-state index contributed by atoms with van der Waals surface area (Å²) in [6, 6.07) is 5.79. The van der Waals surface area contributed by atoms with E-state index in [-0.39, 0.29) is 29.9 Å². The predicted molar refractivity (Wildman–Crippen MR) is 115 cm³/mol. The Hall–Kier alpha value is -3.46. The molecule has 180 valence electrons. The van der Waals surface area contributed by atoms with E-state index in [1.165, 1.54) is 40.8 Å². The number of aromatic amines is 1. The van der Waals surface area contributed by atoms with Gasteiger partial charge in [-0.1, -0.05) is 6.92 Å². The van der Waals surface area contributed by atoms with Crippen molar-refractivity contribution in [2.45, 2.75) is 31.5 Å². The van der Waals surface area contributed by atoms with Gasteiger partial charge in [-0.25, -0.2) is 9.88 Å². The number of rotatable bonds is 7. The monoisotopic (exact) mass is 473 g/mol. The molecule has 13 nitrogen and oxygen atoms in total. The van der Waals surface area contributed by atoms with Gasteiger partial charge < -0.3 is 35.3 Å². The third-order valence-corrected chi connectivity index (χ3v) is 5.38. The molecule has 0 aromatic carbocycles. The number of hydrogen-bond acceptors (Lipinski definition) is 11. The average molecular weight is 473 g/mol. The molecule has 1 amide bonds. The minimum Gasteiger partial charge on any atom is -0.486 e. The Balaban J connectivity index is 1.39. The van der Waals surface area contributed by atoms with Crippen molar-refractivity contribution in [1.82, 2.24) is 25.2 Å². The van der Waals surface area contributed by atoms with Crippen molar-refractivity contribution < 1.29 is 35.1 Å². The smallest absolute Gasteiger partial charge is 0.369 e. The molecule has 0 aliphatic carbocycles. The summed E-state index contributed by atoms with van der Waals surface area (Å²) in [6.45, 7) is 2.16. The zero-order chi connectivity index (χ0) is 24.7. The van der Waals surface area contributed by atoms with Crippen molar-refractivity contribution >= 4 is 16.9 Å². The number of nitrogens with zero attached hydrogens (tertiary/aromatic N) is 3.